The van der Waals surface area contributed by atoms with Crippen LogP contribution in [0.4, 0.5) is 0 Å². The number of nitrogens with one attached hydrogen (secondary N) is 1. The molecule has 238 valence electrons. The van der Waals surface area contributed by atoms with Crippen molar-refractivity contribution in [2.24, 2.45) is 23.2 Å². The first kappa shape index (κ1) is 32.5. The van der Waals surface area contributed by atoms with E-state index in [-0.39, 0.29) is 43.4 Å². The molecule has 1 aromatic carbocycles. The monoisotopic (exact) mass is 710 g/mol. The molecule has 43 heavy (non-hydrogen) atoms. The van der Waals surface area contributed by atoms with Crippen LogP contribution in [0.25, 0.3) is 0 Å². The van der Waals surface area contributed by atoms with Crippen LogP contribution >= 0.6 is 22.6 Å². The zero-order valence-electron chi connectivity index (χ0n) is 25.4. The maximum Gasteiger partial charge on any atom is 0.247 e. The van der Waals surface area contributed by atoms with Crippen molar-refractivity contribution >= 4 is 34.4 Å². The number of amides is 2. The summed E-state index contributed by atoms with van der Waals surface area (Å²) in [6.07, 6.45) is 9.22. The van der Waals surface area contributed by atoms with Crippen molar-refractivity contribution in [2.45, 2.75) is 96.0 Å². The third-order valence-electron chi connectivity index (χ3n) is 10.1. The maximum absolute atomic E-state index is 14.0. The topological polar surface area (TPSA) is 129 Å². The average Bonchev–Trinajstić information content (AvgIpc) is 2.98. The molecule has 5 aliphatic rings. The number of hydrogen-bond donors (Lipinski definition) is 4. The summed E-state index contributed by atoms with van der Waals surface area (Å²) in [6, 6.07) is 2.84. The minimum Gasteiger partial charge on any atom is -0.493 e. The van der Waals surface area contributed by atoms with Crippen LogP contribution in [0.2, 0.25) is 0 Å². The van der Waals surface area contributed by atoms with Crippen LogP contribution in [0.5, 0.6) is 11.5 Å². The second kappa shape index (κ2) is 14.0. The molecule has 1 aromatic rings. The van der Waals surface area contributed by atoms with Crippen LogP contribution in [-0.2, 0) is 16.2 Å². The first-order chi connectivity index (χ1) is 20.7. The number of halogens is 1. The molecule has 0 saturated heterocycles. The molecule has 0 heterocycles. The van der Waals surface area contributed by atoms with Crippen molar-refractivity contribution in [2.75, 3.05) is 26.8 Å². The van der Waals surface area contributed by atoms with Crippen LogP contribution in [0.15, 0.2) is 23.8 Å². The van der Waals surface area contributed by atoms with E-state index in [9.17, 15) is 24.9 Å². The van der Waals surface area contributed by atoms with Crippen LogP contribution in [0, 0.1) is 26.7 Å². The maximum atomic E-state index is 14.0. The second-order valence-electron chi connectivity index (χ2n) is 13.3. The number of rotatable bonds is 13. The lowest BCUT2D eigenvalue weighted by Crippen LogP contribution is -2.59. The average molecular weight is 711 g/mol. The summed E-state index contributed by atoms with van der Waals surface area (Å²) in [7, 11) is 1.52. The Kier molecular flexibility index (Phi) is 10.6. The second-order valence-corrected chi connectivity index (χ2v) is 14.5. The molecule has 0 spiro atoms. The summed E-state index contributed by atoms with van der Waals surface area (Å²) in [5.41, 5.74) is 1.15. The summed E-state index contributed by atoms with van der Waals surface area (Å²) in [5, 5.41) is 33.7. The van der Waals surface area contributed by atoms with Crippen LogP contribution in [-0.4, -0.2) is 77.1 Å². The van der Waals surface area contributed by atoms with Gasteiger partial charge < -0.3 is 35.0 Å². The molecule has 6 rings (SSSR count). The number of hydrogen-bond acceptors (Lipinski definition) is 7. The van der Waals surface area contributed by atoms with Crippen molar-refractivity contribution in [3.8, 4) is 11.5 Å². The molecule has 0 aliphatic heterocycles. The van der Waals surface area contributed by atoms with Gasteiger partial charge in [-0.05, 0) is 114 Å². The van der Waals surface area contributed by atoms with Crippen molar-refractivity contribution in [3.05, 3.63) is 32.9 Å². The predicted octanol–water partition coefficient (Wildman–Crippen LogP) is 3.94. The third-order valence-corrected chi connectivity index (χ3v) is 10.9. The quantitative estimate of drug-likeness (QED) is 0.229. The Balaban J connectivity index is 1.49. The number of carbonyl (C=O) groups excluding carboxylic acids is 2. The van der Waals surface area contributed by atoms with Crippen LogP contribution < -0.4 is 14.8 Å². The van der Waals surface area contributed by atoms with Crippen LogP contribution in [0.1, 0.15) is 76.7 Å². The molecule has 4 bridgehead atoms. The number of aliphatic hydroxyl groups is 3. The van der Waals surface area contributed by atoms with E-state index in [0.29, 0.717) is 39.2 Å². The Labute approximate surface area is 268 Å². The number of unbranched alkanes of at least 4 members (excludes halogenated alkanes) is 1. The zero-order valence-corrected chi connectivity index (χ0v) is 27.6. The Morgan fingerprint density at radius 2 is 1.79 bits per heavy atom. The van der Waals surface area contributed by atoms with Gasteiger partial charge in [-0.1, -0.05) is 13.3 Å². The number of carbonyl (C=O) groups is 2. The number of nitrogens with zero attached hydrogens (tertiary/aromatic N) is 1. The largest absolute Gasteiger partial charge is 0.493 e. The van der Waals surface area contributed by atoms with Crippen molar-refractivity contribution in [1.29, 1.82) is 0 Å². The van der Waals surface area contributed by atoms with Gasteiger partial charge in [0.1, 0.15) is 12.2 Å². The molecule has 4 N–H and O–H groups in total. The summed E-state index contributed by atoms with van der Waals surface area (Å²) >= 11 is 2.11. The van der Waals surface area contributed by atoms with Gasteiger partial charge in [0.15, 0.2) is 11.5 Å². The highest BCUT2D eigenvalue weighted by molar-refractivity contribution is 14.1. The Hall–Kier alpha value is -1.89. The minimum atomic E-state index is -1.08. The molecule has 2 amide bonds. The fourth-order valence-corrected chi connectivity index (χ4v) is 9.39. The van der Waals surface area contributed by atoms with E-state index in [1.807, 2.05) is 4.90 Å². The molecule has 0 aromatic heterocycles. The van der Waals surface area contributed by atoms with E-state index in [1.54, 1.807) is 18.2 Å². The van der Waals surface area contributed by atoms with Gasteiger partial charge in [0.25, 0.3) is 0 Å². The molecule has 4 saturated carbocycles. The molecular formula is C33H47IN2O7. The van der Waals surface area contributed by atoms with Gasteiger partial charge in [-0.3, -0.25) is 9.59 Å². The van der Waals surface area contributed by atoms with Crippen molar-refractivity contribution < 1.29 is 34.4 Å². The fourth-order valence-electron chi connectivity index (χ4n) is 8.60. The Morgan fingerprint density at radius 3 is 2.37 bits per heavy atom. The molecular weight excluding hydrogens is 663 g/mol. The summed E-state index contributed by atoms with van der Waals surface area (Å²) in [5.74, 6) is 2.67. The molecule has 5 aliphatic carbocycles. The van der Waals surface area contributed by atoms with Gasteiger partial charge in [0.2, 0.25) is 11.8 Å². The summed E-state index contributed by atoms with van der Waals surface area (Å²) < 4.78 is 12.7. The first-order valence-electron chi connectivity index (χ1n) is 15.9. The van der Waals surface area contributed by atoms with Gasteiger partial charge in [-0.15, -0.1) is 0 Å². The van der Waals surface area contributed by atoms with E-state index in [2.05, 4.69) is 34.8 Å². The fraction of sp³-hybridized carbons (Fsp3) is 0.697. The summed E-state index contributed by atoms with van der Waals surface area (Å²) in [4.78, 5) is 29.2. The lowest BCUT2D eigenvalue weighted by molar-refractivity contribution is -0.147. The number of ether oxygens (including phenoxy) is 2. The van der Waals surface area contributed by atoms with Crippen molar-refractivity contribution in [3.63, 3.8) is 0 Å². The first-order valence-corrected chi connectivity index (χ1v) is 17.0. The van der Waals surface area contributed by atoms with Gasteiger partial charge in [0, 0.05) is 31.5 Å². The van der Waals surface area contributed by atoms with Crippen molar-refractivity contribution in [1.82, 2.24) is 10.2 Å². The zero-order chi connectivity index (χ0) is 30.7. The van der Waals surface area contributed by atoms with E-state index < -0.39 is 18.2 Å². The molecule has 4 fully saturated rings. The minimum absolute atomic E-state index is 0.0249. The number of aliphatic hydroxyl groups excluding tert-OH is 3. The van der Waals surface area contributed by atoms with E-state index in [4.69, 9.17) is 9.47 Å². The molecule has 9 nitrogen and oxygen atoms in total. The Morgan fingerprint density at radius 1 is 1.12 bits per heavy atom. The molecule has 10 heteroatoms. The van der Waals surface area contributed by atoms with E-state index in [1.165, 1.54) is 26.4 Å². The number of methoxy groups -OCH3 is 1. The third kappa shape index (κ3) is 7.17. The van der Waals surface area contributed by atoms with E-state index in [0.717, 1.165) is 49.9 Å². The highest BCUT2D eigenvalue weighted by Gasteiger charge is 2.53. The Bertz CT molecular complexity index is 1170. The van der Waals surface area contributed by atoms with Gasteiger partial charge >= 0.3 is 0 Å². The normalized spacial score (nSPS) is 31.0. The molecule has 0 radical (unpaired) electrons. The SMILES string of the molecule is CCCCC(=O)N(CC12CC3CC(CC(C3)C1)C2)[C@@H]1CC(C(=O)NCCO)=C[C@H](Oc2c(I)cc(CO)cc2OC)[C@H]1O. The smallest absolute Gasteiger partial charge is 0.247 e. The van der Waals surface area contributed by atoms with Gasteiger partial charge in [-0.25, -0.2) is 0 Å². The van der Waals surface area contributed by atoms with Gasteiger partial charge in [-0.2, -0.15) is 0 Å². The number of benzene rings is 1. The molecule has 0 unspecified atom stereocenters. The van der Waals surface area contributed by atoms with E-state index >= 15 is 0 Å². The highest BCUT2D eigenvalue weighted by atomic mass is 127. The predicted molar refractivity (Wildman–Crippen MR) is 170 cm³/mol. The molecule has 3 atom stereocenters. The van der Waals surface area contributed by atoms with Crippen LogP contribution in [0.3, 0.4) is 0 Å². The summed E-state index contributed by atoms with van der Waals surface area (Å²) in [6.45, 7) is 2.43. The lowest BCUT2D eigenvalue weighted by Gasteiger charge is -2.58. The van der Waals surface area contributed by atoms with Gasteiger partial charge in [0.05, 0.1) is 29.9 Å². The standard InChI is InChI=1S/C33H47IN2O7/c1-3-4-5-29(39)36(19-33-15-20-8-21(16-33)10-22(9-20)17-33)26-13-24(32(41)35-6-7-37)14-27(30(26)40)43-31-25(34)11-23(18-38)12-28(31)42-2/h11-12,14,20-22,26-27,30,37-38,40H,3-10,13,15-19H2,1-2H3,(H,35,41)/t20?,21?,22?,26-,27+,30+,33?/m1/s1. The lowest BCUT2D eigenvalue weighted by atomic mass is 9.49. The highest BCUT2D eigenvalue weighted by Crippen LogP contribution is 2.60.